The molecule has 27 heavy (non-hydrogen) atoms. The van der Waals surface area contributed by atoms with E-state index in [4.69, 9.17) is 11.6 Å². The van der Waals surface area contributed by atoms with Crippen molar-refractivity contribution in [3.8, 4) is 0 Å². The number of urea groups is 1. The number of amides is 3. The zero-order valence-electron chi connectivity index (χ0n) is 15.0. The van der Waals surface area contributed by atoms with Crippen molar-refractivity contribution in [2.75, 3.05) is 42.9 Å². The monoisotopic (exact) mass is 388 g/mol. The van der Waals surface area contributed by atoms with E-state index in [1.807, 2.05) is 6.92 Å². The number of rotatable bonds is 4. The van der Waals surface area contributed by atoms with Gasteiger partial charge in [0.25, 0.3) is 5.91 Å². The number of piperazine rings is 1. The molecular formula is C18H21ClN6O2. The summed E-state index contributed by atoms with van der Waals surface area (Å²) in [6.45, 7) is 4.88. The lowest BCUT2D eigenvalue weighted by atomic mass is 10.2. The Hall–Kier alpha value is -2.87. The summed E-state index contributed by atoms with van der Waals surface area (Å²) in [7, 11) is 0. The average molecular weight is 389 g/mol. The van der Waals surface area contributed by atoms with Gasteiger partial charge in [-0.15, -0.1) is 0 Å². The van der Waals surface area contributed by atoms with Gasteiger partial charge in [-0.25, -0.2) is 9.78 Å². The van der Waals surface area contributed by atoms with Gasteiger partial charge in [-0.1, -0.05) is 11.6 Å². The Bertz CT molecular complexity index is 809. The van der Waals surface area contributed by atoms with E-state index >= 15 is 0 Å². The summed E-state index contributed by atoms with van der Waals surface area (Å²) >= 11 is 6.17. The van der Waals surface area contributed by atoms with Gasteiger partial charge in [0.15, 0.2) is 0 Å². The highest BCUT2D eigenvalue weighted by molar-refractivity contribution is 6.34. The van der Waals surface area contributed by atoms with Crippen molar-refractivity contribution in [2.24, 2.45) is 0 Å². The molecule has 1 aliphatic heterocycles. The Morgan fingerprint density at radius 1 is 1.19 bits per heavy atom. The highest BCUT2D eigenvalue weighted by Gasteiger charge is 2.22. The van der Waals surface area contributed by atoms with Gasteiger partial charge in [0, 0.05) is 50.8 Å². The maximum atomic E-state index is 12.5. The third kappa shape index (κ3) is 4.65. The average Bonchev–Trinajstić information content (AvgIpc) is 2.69. The van der Waals surface area contributed by atoms with Crippen molar-refractivity contribution in [2.45, 2.75) is 6.92 Å². The van der Waals surface area contributed by atoms with Crippen LogP contribution in [0.5, 0.6) is 0 Å². The zero-order valence-corrected chi connectivity index (χ0v) is 15.7. The van der Waals surface area contributed by atoms with E-state index in [1.54, 1.807) is 41.7 Å². The fraction of sp³-hybridized carbons (Fsp3) is 0.333. The number of hydrogen-bond acceptors (Lipinski definition) is 5. The van der Waals surface area contributed by atoms with Crippen LogP contribution in [-0.4, -0.2) is 59.5 Å². The third-order valence-electron chi connectivity index (χ3n) is 4.24. The second-order valence-corrected chi connectivity index (χ2v) is 6.43. The molecule has 2 aromatic rings. The molecule has 0 saturated carbocycles. The van der Waals surface area contributed by atoms with Crippen LogP contribution >= 0.6 is 11.6 Å². The lowest BCUT2D eigenvalue weighted by molar-refractivity contribution is 0.0956. The number of benzene rings is 1. The van der Waals surface area contributed by atoms with Gasteiger partial charge in [0.2, 0.25) is 0 Å². The lowest BCUT2D eigenvalue weighted by Gasteiger charge is -2.35. The first-order valence-corrected chi connectivity index (χ1v) is 9.11. The van der Waals surface area contributed by atoms with Gasteiger partial charge in [-0.2, -0.15) is 0 Å². The van der Waals surface area contributed by atoms with E-state index < -0.39 is 0 Å². The predicted molar refractivity (Wildman–Crippen MR) is 104 cm³/mol. The second-order valence-electron chi connectivity index (χ2n) is 6.02. The van der Waals surface area contributed by atoms with Crippen LogP contribution in [0.2, 0.25) is 5.02 Å². The molecule has 1 fully saturated rings. The van der Waals surface area contributed by atoms with E-state index in [9.17, 15) is 9.59 Å². The minimum absolute atomic E-state index is 0.198. The molecule has 142 valence electrons. The van der Waals surface area contributed by atoms with Gasteiger partial charge >= 0.3 is 6.03 Å². The van der Waals surface area contributed by atoms with Gasteiger partial charge in [0.1, 0.15) is 5.82 Å². The zero-order chi connectivity index (χ0) is 19.2. The maximum absolute atomic E-state index is 12.5. The maximum Gasteiger partial charge on any atom is 0.321 e. The van der Waals surface area contributed by atoms with E-state index in [-0.39, 0.29) is 11.9 Å². The van der Waals surface area contributed by atoms with Crippen LogP contribution in [0.25, 0.3) is 0 Å². The molecule has 0 aliphatic carbocycles. The number of anilines is 2. The number of carbonyl (C=O) groups excluding carboxylic acids is 2. The first-order chi connectivity index (χ1) is 13.1. The Balaban J connectivity index is 1.57. The molecule has 2 N–H and O–H groups in total. The van der Waals surface area contributed by atoms with Crippen LogP contribution in [0, 0.1) is 0 Å². The van der Waals surface area contributed by atoms with Gasteiger partial charge in [-0.05, 0) is 25.1 Å². The molecule has 0 radical (unpaired) electrons. The van der Waals surface area contributed by atoms with Crippen LogP contribution in [-0.2, 0) is 0 Å². The normalized spacial score (nSPS) is 14.0. The summed E-state index contributed by atoms with van der Waals surface area (Å²) in [6.07, 6.45) is 5.01. The van der Waals surface area contributed by atoms with E-state index in [0.29, 0.717) is 49.0 Å². The van der Waals surface area contributed by atoms with Crippen molar-refractivity contribution in [1.82, 2.24) is 20.2 Å². The van der Waals surface area contributed by atoms with Gasteiger partial charge in [0.05, 0.1) is 16.8 Å². The molecular weight excluding hydrogens is 368 g/mol. The Labute approximate surface area is 162 Å². The lowest BCUT2D eigenvalue weighted by Crippen LogP contribution is -2.50. The summed E-state index contributed by atoms with van der Waals surface area (Å²) in [6, 6.07) is 4.66. The van der Waals surface area contributed by atoms with E-state index in [2.05, 4.69) is 25.5 Å². The summed E-state index contributed by atoms with van der Waals surface area (Å²) < 4.78 is 0. The standard InChI is InChI=1S/C18H21ClN6O2/c1-2-21-17(26)14-4-3-13(11-15(14)19)23-18(27)25-9-7-24(8-10-25)16-12-20-5-6-22-16/h3-6,11-12H,2,7-10H2,1H3,(H,21,26)(H,23,27). The second kappa shape index (κ2) is 8.68. The molecule has 1 saturated heterocycles. The highest BCUT2D eigenvalue weighted by Crippen LogP contribution is 2.21. The topological polar surface area (TPSA) is 90.5 Å². The first-order valence-electron chi connectivity index (χ1n) is 8.73. The molecule has 0 unspecified atom stereocenters. The Kier molecular flexibility index (Phi) is 6.08. The van der Waals surface area contributed by atoms with Crippen LogP contribution in [0.4, 0.5) is 16.3 Å². The van der Waals surface area contributed by atoms with Gasteiger partial charge < -0.3 is 20.4 Å². The van der Waals surface area contributed by atoms with Crippen LogP contribution in [0.15, 0.2) is 36.8 Å². The fourth-order valence-corrected chi connectivity index (χ4v) is 3.09. The highest BCUT2D eigenvalue weighted by atomic mass is 35.5. The summed E-state index contributed by atoms with van der Waals surface area (Å²) in [4.78, 5) is 36.6. The van der Waals surface area contributed by atoms with Crippen LogP contribution in [0.3, 0.4) is 0 Å². The van der Waals surface area contributed by atoms with Crippen molar-refractivity contribution in [1.29, 1.82) is 0 Å². The molecule has 0 bridgehead atoms. The fourth-order valence-electron chi connectivity index (χ4n) is 2.83. The van der Waals surface area contributed by atoms with Gasteiger partial charge in [-0.3, -0.25) is 9.78 Å². The molecule has 3 amide bonds. The first kappa shape index (κ1) is 18.9. The van der Waals surface area contributed by atoms with Crippen LogP contribution in [0.1, 0.15) is 17.3 Å². The quantitative estimate of drug-likeness (QED) is 0.838. The summed E-state index contributed by atoms with van der Waals surface area (Å²) in [5.74, 6) is 0.575. The largest absolute Gasteiger partial charge is 0.352 e. The Morgan fingerprint density at radius 3 is 2.59 bits per heavy atom. The summed E-state index contributed by atoms with van der Waals surface area (Å²) in [5.41, 5.74) is 0.934. The third-order valence-corrected chi connectivity index (χ3v) is 4.56. The minimum atomic E-state index is -0.236. The molecule has 0 spiro atoms. The number of nitrogens with one attached hydrogen (secondary N) is 2. The minimum Gasteiger partial charge on any atom is -0.352 e. The molecule has 1 aromatic carbocycles. The van der Waals surface area contributed by atoms with Crippen LogP contribution < -0.4 is 15.5 Å². The molecule has 0 atom stereocenters. The smallest absolute Gasteiger partial charge is 0.321 e. The molecule has 2 heterocycles. The number of nitrogens with zero attached hydrogens (tertiary/aromatic N) is 4. The van der Waals surface area contributed by atoms with Crippen molar-refractivity contribution >= 4 is 35.0 Å². The van der Waals surface area contributed by atoms with E-state index in [0.717, 1.165) is 5.82 Å². The molecule has 9 heteroatoms. The van der Waals surface area contributed by atoms with Crippen molar-refractivity contribution < 1.29 is 9.59 Å². The predicted octanol–water partition coefficient (Wildman–Crippen LogP) is 2.23. The molecule has 3 rings (SSSR count). The molecule has 1 aromatic heterocycles. The molecule has 8 nitrogen and oxygen atoms in total. The van der Waals surface area contributed by atoms with Crippen molar-refractivity contribution in [3.05, 3.63) is 47.4 Å². The number of halogens is 1. The molecule has 1 aliphatic rings. The Morgan fingerprint density at radius 2 is 1.96 bits per heavy atom. The SMILES string of the molecule is CCNC(=O)c1ccc(NC(=O)N2CCN(c3cnccn3)CC2)cc1Cl. The number of aromatic nitrogens is 2. The summed E-state index contributed by atoms with van der Waals surface area (Å²) in [5, 5.41) is 5.83. The number of carbonyl (C=O) groups is 2. The number of hydrogen-bond donors (Lipinski definition) is 2. The van der Waals surface area contributed by atoms with Crippen molar-refractivity contribution in [3.63, 3.8) is 0 Å². The van der Waals surface area contributed by atoms with E-state index in [1.165, 1.54) is 0 Å².